The van der Waals surface area contributed by atoms with Gasteiger partial charge in [0, 0.05) is 6.04 Å². The third-order valence-electron chi connectivity index (χ3n) is 2.17. The van der Waals surface area contributed by atoms with Crippen molar-refractivity contribution in [2.75, 3.05) is 10.7 Å². The van der Waals surface area contributed by atoms with Crippen molar-refractivity contribution in [1.82, 2.24) is 9.97 Å². The molecule has 0 aliphatic carbocycles. The minimum atomic E-state index is 0.410. The Kier molecular flexibility index (Phi) is 4.83. The summed E-state index contributed by atoms with van der Waals surface area (Å²) in [5.74, 6) is 6.58. The Bertz CT molecular complexity index is 289. The van der Waals surface area contributed by atoms with Gasteiger partial charge < -0.3 is 10.7 Å². The van der Waals surface area contributed by atoms with E-state index in [1.807, 2.05) is 0 Å². The molecule has 0 saturated heterocycles. The summed E-state index contributed by atoms with van der Waals surface area (Å²) in [5, 5.41) is 3.28. The Morgan fingerprint density at radius 2 is 2.13 bits per heavy atom. The predicted octanol–water partition coefficient (Wildman–Crippen LogP) is 1.75. The second kappa shape index (κ2) is 6.19. The van der Waals surface area contributed by atoms with Crippen molar-refractivity contribution in [3.63, 3.8) is 0 Å². The highest BCUT2D eigenvalue weighted by Crippen LogP contribution is 2.09. The molecule has 0 fully saturated rings. The van der Waals surface area contributed by atoms with Crippen LogP contribution < -0.4 is 16.6 Å². The van der Waals surface area contributed by atoms with Crippen LogP contribution in [-0.2, 0) is 0 Å². The van der Waals surface area contributed by atoms with Crippen molar-refractivity contribution in [1.29, 1.82) is 0 Å². The molecule has 0 aliphatic heterocycles. The van der Waals surface area contributed by atoms with E-state index in [4.69, 9.17) is 5.84 Å². The number of aromatic nitrogens is 2. The van der Waals surface area contributed by atoms with Gasteiger partial charge in [-0.25, -0.2) is 10.8 Å². The molecule has 0 aromatic carbocycles. The van der Waals surface area contributed by atoms with E-state index in [9.17, 15) is 0 Å². The van der Waals surface area contributed by atoms with Crippen molar-refractivity contribution < 1.29 is 0 Å². The van der Waals surface area contributed by atoms with Crippen LogP contribution in [0.25, 0.3) is 0 Å². The highest BCUT2D eigenvalue weighted by Gasteiger charge is 2.03. The zero-order valence-corrected chi connectivity index (χ0v) is 9.33. The Hall–Kier alpha value is -1.36. The van der Waals surface area contributed by atoms with Crippen LogP contribution >= 0.6 is 0 Å². The van der Waals surface area contributed by atoms with E-state index < -0.39 is 0 Å². The first-order chi connectivity index (χ1) is 7.26. The van der Waals surface area contributed by atoms with Gasteiger partial charge in [-0.3, -0.25) is 4.98 Å². The Labute approximate surface area is 90.5 Å². The summed E-state index contributed by atoms with van der Waals surface area (Å²) in [7, 11) is 0. The van der Waals surface area contributed by atoms with E-state index >= 15 is 0 Å². The molecule has 1 aromatic heterocycles. The average Bonchev–Trinajstić information content (AvgIpc) is 2.26. The van der Waals surface area contributed by atoms with Crippen LogP contribution in [0.15, 0.2) is 12.4 Å². The molecule has 0 amide bonds. The first kappa shape index (κ1) is 11.7. The molecule has 5 nitrogen and oxygen atoms in total. The molecule has 1 rings (SSSR count). The van der Waals surface area contributed by atoms with Gasteiger partial charge in [0.1, 0.15) is 5.82 Å². The molecule has 0 spiro atoms. The number of nitrogens with two attached hydrogens (primary N) is 1. The molecular formula is C10H19N5. The van der Waals surface area contributed by atoms with E-state index in [0.29, 0.717) is 11.9 Å². The van der Waals surface area contributed by atoms with Crippen LogP contribution in [0.5, 0.6) is 0 Å². The summed E-state index contributed by atoms with van der Waals surface area (Å²) in [6.45, 7) is 4.32. The molecule has 1 aromatic rings. The molecule has 1 unspecified atom stereocenters. The molecule has 15 heavy (non-hydrogen) atoms. The Morgan fingerprint density at radius 1 is 1.40 bits per heavy atom. The Morgan fingerprint density at radius 3 is 2.80 bits per heavy atom. The Balaban J connectivity index is 2.48. The SMILES string of the molecule is CCCCC(C)Nc1cncc(NN)n1. The van der Waals surface area contributed by atoms with Crippen LogP contribution in [0, 0.1) is 0 Å². The summed E-state index contributed by atoms with van der Waals surface area (Å²) in [6.07, 6.45) is 6.85. The minimum Gasteiger partial charge on any atom is -0.366 e. The molecule has 84 valence electrons. The molecule has 1 atom stereocenters. The van der Waals surface area contributed by atoms with Gasteiger partial charge in [0.2, 0.25) is 0 Å². The molecular weight excluding hydrogens is 190 g/mol. The van der Waals surface area contributed by atoms with E-state index in [2.05, 4.69) is 34.6 Å². The van der Waals surface area contributed by atoms with Gasteiger partial charge in [-0.2, -0.15) is 0 Å². The van der Waals surface area contributed by atoms with Gasteiger partial charge in [-0.15, -0.1) is 0 Å². The lowest BCUT2D eigenvalue weighted by Gasteiger charge is -2.13. The molecule has 4 N–H and O–H groups in total. The quantitative estimate of drug-likeness (QED) is 0.491. The van der Waals surface area contributed by atoms with E-state index in [1.165, 1.54) is 12.8 Å². The van der Waals surface area contributed by atoms with Crippen LogP contribution in [0.1, 0.15) is 33.1 Å². The smallest absolute Gasteiger partial charge is 0.160 e. The lowest BCUT2D eigenvalue weighted by Crippen LogP contribution is -2.17. The highest BCUT2D eigenvalue weighted by molar-refractivity contribution is 5.41. The number of hydrogen-bond donors (Lipinski definition) is 3. The molecule has 0 bridgehead atoms. The summed E-state index contributed by atoms with van der Waals surface area (Å²) in [6, 6.07) is 0.410. The van der Waals surface area contributed by atoms with Gasteiger partial charge in [-0.1, -0.05) is 19.8 Å². The number of nitrogen functional groups attached to an aromatic ring is 1. The fraction of sp³-hybridized carbons (Fsp3) is 0.600. The van der Waals surface area contributed by atoms with Gasteiger partial charge >= 0.3 is 0 Å². The largest absolute Gasteiger partial charge is 0.366 e. The third-order valence-corrected chi connectivity index (χ3v) is 2.17. The second-order valence-electron chi connectivity index (χ2n) is 3.62. The van der Waals surface area contributed by atoms with E-state index in [0.717, 1.165) is 12.2 Å². The predicted molar refractivity (Wildman–Crippen MR) is 62.5 cm³/mol. The van der Waals surface area contributed by atoms with E-state index in [-0.39, 0.29) is 0 Å². The lowest BCUT2D eigenvalue weighted by atomic mass is 10.1. The zero-order chi connectivity index (χ0) is 11.1. The lowest BCUT2D eigenvalue weighted by molar-refractivity contribution is 0.643. The van der Waals surface area contributed by atoms with Gasteiger partial charge in [0.05, 0.1) is 12.4 Å². The summed E-state index contributed by atoms with van der Waals surface area (Å²) in [5.41, 5.74) is 2.47. The molecule has 0 radical (unpaired) electrons. The monoisotopic (exact) mass is 209 g/mol. The van der Waals surface area contributed by atoms with Crippen LogP contribution in [0.3, 0.4) is 0 Å². The minimum absolute atomic E-state index is 0.410. The molecule has 0 saturated carbocycles. The number of nitrogens with one attached hydrogen (secondary N) is 2. The average molecular weight is 209 g/mol. The van der Waals surface area contributed by atoms with Crippen molar-refractivity contribution in [3.8, 4) is 0 Å². The summed E-state index contributed by atoms with van der Waals surface area (Å²) >= 11 is 0. The van der Waals surface area contributed by atoms with Crippen LogP contribution in [0.2, 0.25) is 0 Å². The number of nitrogens with zero attached hydrogens (tertiary/aromatic N) is 2. The van der Waals surface area contributed by atoms with Crippen LogP contribution in [-0.4, -0.2) is 16.0 Å². The maximum atomic E-state index is 5.25. The van der Waals surface area contributed by atoms with Crippen molar-refractivity contribution in [2.24, 2.45) is 5.84 Å². The normalized spacial score (nSPS) is 12.2. The van der Waals surface area contributed by atoms with Gasteiger partial charge in [0.25, 0.3) is 0 Å². The standard InChI is InChI=1S/C10H19N5/c1-3-4-5-8(2)13-9-6-12-7-10(14-9)15-11/h6-8H,3-5,11H2,1-2H3,(H2,13,14,15). The number of hydrogen-bond acceptors (Lipinski definition) is 5. The second-order valence-corrected chi connectivity index (χ2v) is 3.62. The highest BCUT2D eigenvalue weighted by atomic mass is 15.3. The molecule has 1 heterocycles. The number of hydrazine groups is 1. The maximum Gasteiger partial charge on any atom is 0.160 e. The number of rotatable bonds is 6. The fourth-order valence-corrected chi connectivity index (χ4v) is 1.34. The zero-order valence-electron chi connectivity index (χ0n) is 9.33. The van der Waals surface area contributed by atoms with Crippen LogP contribution in [0.4, 0.5) is 11.6 Å². The topological polar surface area (TPSA) is 75.9 Å². The van der Waals surface area contributed by atoms with Crippen molar-refractivity contribution >= 4 is 11.6 Å². The first-order valence-electron chi connectivity index (χ1n) is 5.31. The number of unbranched alkanes of at least 4 members (excludes halogenated alkanes) is 1. The molecule has 5 heteroatoms. The number of anilines is 2. The van der Waals surface area contributed by atoms with Gasteiger partial charge in [0.15, 0.2) is 5.82 Å². The van der Waals surface area contributed by atoms with Crippen molar-refractivity contribution in [2.45, 2.75) is 39.2 Å². The van der Waals surface area contributed by atoms with E-state index in [1.54, 1.807) is 12.4 Å². The van der Waals surface area contributed by atoms with Crippen molar-refractivity contribution in [3.05, 3.63) is 12.4 Å². The fourth-order valence-electron chi connectivity index (χ4n) is 1.34. The van der Waals surface area contributed by atoms with Gasteiger partial charge in [-0.05, 0) is 13.3 Å². The summed E-state index contributed by atoms with van der Waals surface area (Å²) < 4.78 is 0. The first-order valence-corrected chi connectivity index (χ1v) is 5.31. The summed E-state index contributed by atoms with van der Waals surface area (Å²) in [4.78, 5) is 8.25. The third kappa shape index (κ3) is 4.12. The maximum absolute atomic E-state index is 5.25. The molecule has 0 aliphatic rings.